The lowest BCUT2D eigenvalue weighted by Crippen LogP contribution is -2.16. The van der Waals surface area contributed by atoms with Crippen molar-refractivity contribution in [3.63, 3.8) is 0 Å². The minimum atomic E-state index is -0.125. The highest BCUT2D eigenvalue weighted by Crippen LogP contribution is 2.55. The summed E-state index contributed by atoms with van der Waals surface area (Å²) in [5, 5.41) is 2.23. The van der Waals surface area contributed by atoms with E-state index in [9.17, 15) is 0 Å². The first kappa shape index (κ1) is 30.0. The van der Waals surface area contributed by atoms with E-state index in [4.69, 9.17) is 4.42 Å². The van der Waals surface area contributed by atoms with Crippen LogP contribution in [0, 0.1) is 0 Å². The summed E-state index contributed by atoms with van der Waals surface area (Å²) in [5.41, 5.74) is 20.2. The average molecular weight is 678 g/mol. The van der Waals surface area contributed by atoms with Crippen LogP contribution in [0.3, 0.4) is 0 Å². The molecule has 2 aliphatic carbocycles. The average Bonchev–Trinajstić information content (AvgIpc) is 3.69. The highest BCUT2D eigenvalue weighted by molar-refractivity contribution is 6.08. The Kier molecular flexibility index (Phi) is 6.33. The Balaban J connectivity index is 1.22. The van der Waals surface area contributed by atoms with Crippen LogP contribution in [0.5, 0.6) is 0 Å². The molecule has 9 aromatic rings. The van der Waals surface area contributed by atoms with Crippen LogP contribution in [-0.4, -0.2) is 0 Å². The molecule has 2 nitrogen and oxygen atoms in total. The van der Waals surface area contributed by atoms with Crippen LogP contribution in [0.2, 0.25) is 0 Å². The molecule has 1 heterocycles. The summed E-state index contributed by atoms with van der Waals surface area (Å²) in [6, 6.07) is 64.4. The van der Waals surface area contributed by atoms with Crippen LogP contribution < -0.4 is 4.90 Å². The van der Waals surface area contributed by atoms with Gasteiger partial charge in [0.1, 0.15) is 11.2 Å². The lowest BCUT2D eigenvalue weighted by atomic mass is 9.80. The molecular weight excluding hydrogens is 643 g/mol. The van der Waals surface area contributed by atoms with Crippen LogP contribution in [0.15, 0.2) is 180 Å². The fourth-order valence-electron chi connectivity index (χ4n) is 9.19. The van der Waals surface area contributed by atoms with E-state index >= 15 is 0 Å². The first-order valence-corrected chi connectivity index (χ1v) is 18.4. The Hall–Kier alpha value is -6.64. The van der Waals surface area contributed by atoms with Gasteiger partial charge in [0, 0.05) is 33.1 Å². The quantitative estimate of drug-likeness (QED) is 0.185. The summed E-state index contributed by atoms with van der Waals surface area (Å²) in [4.78, 5) is 2.47. The third-order valence-corrected chi connectivity index (χ3v) is 11.6. The van der Waals surface area contributed by atoms with Gasteiger partial charge < -0.3 is 9.32 Å². The fraction of sp³-hybridized carbons (Fsp3) is 0.0588. The molecule has 0 unspecified atom stereocenters. The summed E-state index contributed by atoms with van der Waals surface area (Å²) in [6.45, 7) is 4.71. The molecular formula is C51H35NO. The molecule has 0 fully saturated rings. The van der Waals surface area contributed by atoms with Gasteiger partial charge in [0.15, 0.2) is 0 Å². The Morgan fingerprint density at radius 2 is 0.868 bits per heavy atom. The van der Waals surface area contributed by atoms with Gasteiger partial charge in [-0.1, -0.05) is 147 Å². The monoisotopic (exact) mass is 677 g/mol. The van der Waals surface area contributed by atoms with Gasteiger partial charge in [-0.15, -0.1) is 0 Å². The highest BCUT2D eigenvalue weighted by Gasteiger charge is 2.38. The summed E-state index contributed by atoms with van der Waals surface area (Å²) in [6.07, 6.45) is 0. The normalized spacial score (nSPS) is 13.2. The molecule has 0 aliphatic heterocycles. The number of hydrogen-bond acceptors (Lipinski definition) is 2. The van der Waals surface area contributed by atoms with E-state index in [1.807, 2.05) is 6.07 Å². The van der Waals surface area contributed by atoms with Crippen molar-refractivity contribution < 1.29 is 4.42 Å². The molecule has 0 N–H and O–H groups in total. The largest absolute Gasteiger partial charge is 0.456 e. The predicted octanol–water partition coefficient (Wildman–Crippen LogP) is 14.3. The SMILES string of the molecule is CC1(C)c2ccccc2-c2c(N(c3ccc4c(c3)-c3ccccc3-c3ccccc3-c3ccccc3-4)c3ccc4oc5ccccc5c4c3)cccc21. The van der Waals surface area contributed by atoms with Gasteiger partial charge in [0.05, 0.1) is 5.69 Å². The second-order valence-corrected chi connectivity index (χ2v) is 14.9. The maximum atomic E-state index is 6.33. The number of anilines is 3. The second-order valence-electron chi connectivity index (χ2n) is 14.9. The van der Waals surface area contributed by atoms with Gasteiger partial charge in [-0.05, 0) is 104 Å². The number of para-hydroxylation sites is 1. The van der Waals surface area contributed by atoms with Crippen LogP contribution in [0.1, 0.15) is 25.0 Å². The molecule has 0 atom stereocenters. The van der Waals surface area contributed by atoms with E-state index in [0.717, 1.165) is 39.0 Å². The number of nitrogens with zero attached hydrogens (tertiary/aromatic N) is 1. The van der Waals surface area contributed by atoms with Crippen molar-refractivity contribution in [3.05, 3.63) is 187 Å². The topological polar surface area (TPSA) is 16.4 Å². The third-order valence-electron chi connectivity index (χ3n) is 11.6. The van der Waals surface area contributed by atoms with Gasteiger partial charge in [-0.2, -0.15) is 0 Å². The zero-order valence-corrected chi connectivity index (χ0v) is 29.6. The van der Waals surface area contributed by atoms with E-state index in [1.54, 1.807) is 0 Å². The van der Waals surface area contributed by atoms with Crippen molar-refractivity contribution >= 4 is 39.0 Å². The molecule has 2 aliphatic rings. The van der Waals surface area contributed by atoms with Gasteiger partial charge >= 0.3 is 0 Å². The fourth-order valence-corrected chi connectivity index (χ4v) is 9.19. The molecule has 8 aromatic carbocycles. The number of furan rings is 1. The Morgan fingerprint density at radius 1 is 0.377 bits per heavy atom. The Morgan fingerprint density at radius 3 is 1.55 bits per heavy atom. The van der Waals surface area contributed by atoms with Gasteiger partial charge in [-0.25, -0.2) is 0 Å². The first-order valence-electron chi connectivity index (χ1n) is 18.4. The number of rotatable bonds is 3. The molecule has 0 bridgehead atoms. The molecule has 0 saturated carbocycles. The lowest BCUT2D eigenvalue weighted by molar-refractivity contribution is 0.660. The van der Waals surface area contributed by atoms with E-state index < -0.39 is 0 Å². The minimum Gasteiger partial charge on any atom is -0.456 e. The minimum absolute atomic E-state index is 0.125. The van der Waals surface area contributed by atoms with Crippen molar-refractivity contribution in [1.29, 1.82) is 0 Å². The maximum absolute atomic E-state index is 6.33. The van der Waals surface area contributed by atoms with Crippen LogP contribution in [0.25, 0.3) is 77.6 Å². The molecule has 0 amide bonds. The molecule has 0 radical (unpaired) electrons. The zero-order valence-electron chi connectivity index (χ0n) is 29.6. The predicted molar refractivity (Wildman–Crippen MR) is 221 cm³/mol. The standard InChI is InChI=1S/C51H35NO/c1-51(2)45-22-11-9-21-42(45)50-46(51)23-13-24-47(50)52(33-27-29-49-44(31-33)41-20-10-12-25-48(41)53-49)32-26-28-40-38-18-6-5-16-36(38)34-14-3-4-15-35(34)37-17-7-8-19-39(37)43(40)30-32/h3-31H,1-2H3. The summed E-state index contributed by atoms with van der Waals surface area (Å²) < 4.78 is 6.33. The van der Waals surface area contributed by atoms with Crippen molar-refractivity contribution in [3.8, 4) is 55.6 Å². The molecule has 250 valence electrons. The van der Waals surface area contributed by atoms with Crippen LogP contribution in [-0.2, 0) is 5.41 Å². The molecule has 1 aromatic heterocycles. The number of hydrogen-bond donors (Lipinski definition) is 0. The van der Waals surface area contributed by atoms with Crippen molar-refractivity contribution in [1.82, 2.24) is 0 Å². The molecule has 0 spiro atoms. The summed E-state index contributed by atoms with van der Waals surface area (Å²) in [7, 11) is 0. The molecule has 11 rings (SSSR count). The maximum Gasteiger partial charge on any atom is 0.135 e. The smallest absolute Gasteiger partial charge is 0.135 e. The van der Waals surface area contributed by atoms with Gasteiger partial charge in [0.25, 0.3) is 0 Å². The second kappa shape index (κ2) is 11.2. The summed E-state index contributed by atoms with van der Waals surface area (Å²) in [5.74, 6) is 0. The van der Waals surface area contributed by atoms with Crippen molar-refractivity contribution in [2.24, 2.45) is 0 Å². The molecule has 2 heteroatoms. The van der Waals surface area contributed by atoms with E-state index in [-0.39, 0.29) is 5.41 Å². The first-order chi connectivity index (χ1) is 26.1. The highest BCUT2D eigenvalue weighted by atomic mass is 16.3. The van der Waals surface area contributed by atoms with E-state index in [1.165, 1.54) is 66.8 Å². The third kappa shape index (κ3) is 4.33. The van der Waals surface area contributed by atoms with Crippen molar-refractivity contribution in [2.45, 2.75) is 19.3 Å². The summed E-state index contributed by atoms with van der Waals surface area (Å²) >= 11 is 0. The number of benzene rings is 8. The van der Waals surface area contributed by atoms with Crippen molar-refractivity contribution in [2.75, 3.05) is 4.90 Å². The van der Waals surface area contributed by atoms with E-state index in [0.29, 0.717) is 0 Å². The Labute approximate surface area is 309 Å². The number of fused-ring (bicyclic) bond motifs is 14. The van der Waals surface area contributed by atoms with Gasteiger partial charge in [0.2, 0.25) is 0 Å². The Bertz CT molecular complexity index is 2940. The van der Waals surface area contributed by atoms with E-state index in [2.05, 4.69) is 189 Å². The van der Waals surface area contributed by atoms with Crippen LogP contribution >= 0.6 is 0 Å². The zero-order chi connectivity index (χ0) is 35.3. The van der Waals surface area contributed by atoms with Gasteiger partial charge in [-0.3, -0.25) is 0 Å². The molecule has 53 heavy (non-hydrogen) atoms. The van der Waals surface area contributed by atoms with Crippen LogP contribution in [0.4, 0.5) is 17.1 Å². The molecule has 0 saturated heterocycles. The lowest BCUT2D eigenvalue weighted by Gasteiger charge is -2.30.